The number of hydrogen-bond acceptors (Lipinski definition) is 18. The third-order valence-electron chi connectivity index (χ3n) is 13.6. The van der Waals surface area contributed by atoms with Crippen LogP contribution in [0.3, 0.4) is 0 Å². The van der Waals surface area contributed by atoms with E-state index in [9.17, 15) is 62.6 Å². The summed E-state index contributed by atoms with van der Waals surface area (Å²) in [7, 11) is 0. The summed E-state index contributed by atoms with van der Waals surface area (Å²) >= 11 is 0.790. The number of unbranched alkanes of at least 4 members (excludes halogenated alkanes) is 1. The van der Waals surface area contributed by atoms with E-state index in [-0.39, 0.29) is 62.8 Å². The third kappa shape index (κ3) is 26.1. The smallest absolute Gasteiger partial charge is 0.306 e. The van der Waals surface area contributed by atoms with Gasteiger partial charge in [-0.05, 0) is 69.0 Å². The largest absolute Gasteiger partial charge is 0.466 e. The van der Waals surface area contributed by atoms with Gasteiger partial charge in [0, 0.05) is 30.5 Å². The first-order valence-electron chi connectivity index (χ1n) is 28.8. The second-order valence-corrected chi connectivity index (χ2v) is 22.2. The summed E-state index contributed by atoms with van der Waals surface area (Å²) in [5, 5.41) is 32.8. The highest BCUT2D eigenvalue weighted by atomic mass is 32.2. The average molecular weight is 1240 g/mol. The molecule has 29 heteroatoms. The van der Waals surface area contributed by atoms with Gasteiger partial charge in [-0.3, -0.25) is 57.5 Å². The quantitative estimate of drug-likeness (QED) is 0.0214. The molecule has 10 atom stereocenters. The van der Waals surface area contributed by atoms with Crippen LogP contribution in [0.15, 0.2) is 73.2 Å². The Morgan fingerprint density at radius 1 is 0.655 bits per heavy atom. The van der Waals surface area contributed by atoms with Crippen LogP contribution in [0.5, 0.6) is 0 Å². The van der Waals surface area contributed by atoms with Crippen molar-refractivity contribution in [2.75, 3.05) is 38.6 Å². The minimum absolute atomic E-state index is 0.00994. The Hall–Kier alpha value is -8.28. The third-order valence-corrected chi connectivity index (χ3v) is 14.6. The molecule has 87 heavy (non-hydrogen) atoms. The van der Waals surface area contributed by atoms with E-state index in [1.165, 1.54) is 19.4 Å². The summed E-state index contributed by atoms with van der Waals surface area (Å²) in [6.07, 6.45) is 3.68. The number of hydrogen-bond donors (Lipinski definition) is 14. The number of amides is 10. The zero-order valence-corrected chi connectivity index (χ0v) is 50.8. The lowest BCUT2D eigenvalue weighted by molar-refractivity contribution is -0.142. The van der Waals surface area contributed by atoms with Crippen LogP contribution in [-0.2, 0) is 75.1 Å². The number of thioether (sulfide) groups is 1. The van der Waals surface area contributed by atoms with Gasteiger partial charge in [-0.2, -0.15) is 0 Å². The molecule has 0 radical (unpaired) electrons. The molecule has 1 aromatic heterocycles. The zero-order chi connectivity index (χ0) is 64.6. The molecular formula is C58H86N14O14S. The van der Waals surface area contributed by atoms with Crippen molar-refractivity contribution in [2.45, 2.75) is 147 Å². The lowest BCUT2D eigenvalue weighted by Crippen LogP contribution is -2.61. The van der Waals surface area contributed by atoms with E-state index in [1.807, 2.05) is 0 Å². The summed E-state index contributed by atoms with van der Waals surface area (Å²) in [6.45, 7) is 8.37. The molecule has 0 saturated heterocycles. The fourth-order valence-corrected chi connectivity index (χ4v) is 9.60. The van der Waals surface area contributed by atoms with E-state index in [2.05, 4.69) is 57.8 Å². The number of aliphatic hydroxyl groups excluding tert-OH is 1. The molecular weight excluding hydrogens is 1150 g/mol. The van der Waals surface area contributed by atoms with Gasteiger partial charge in [0.05, 0.1) is 51.0 Å². The molecule has 1 heterocycles. The molecule has 0 aliphatic heterocycles. The number of carbonyl (C=O) groups is 12. The van der Waals surface area contributed by atoms with Crippen molar-refractivity contribution in [1.29, 1.82) is 0 Å². The summed E-state index contributed by atoms with van der Waals surface area (Å²) in [5.74, 6) is -10.7. The Kier molecular flexibility index (Phi) is 32.5. The van der Waals surface area contributed by atoms with Gasteiger partial charge in [0.25, 0.3) is 0 Å². The zero-order valence-electron chi connectivity index (χ0n) is 50.0. The molecule has 17 N–H and O–H groups in total. The molecule has 0 saturated carbocycles. The summed E-state index contributed by atoms with van der Waals surface area (Å²) in [6, 6.07) is 5.65. The lowest BCUT2D eigenvalue weighted by atomic mass is 9.92. The van der Waals surface area contributed by atoms with Crippen molar-refractivity contribution < 1.29 is 67.4 Å². The van der Waals surface area contributed by atoms with E-state index in [1.54, 1.807) is 95.3 Å². The van der Waals surface area contributed by atoms with Gasteiger partial charge < -0.3 is 79.9 Å². The molecule has 3 aromatic rings. The number of aromatic amines is 1. The van der Waals surface area contributed by atoms with Gasteiger partial charge in [0.2, 0.25) is 59.1 Å². The molecule has 0 aliphatic carbocycles. The van der Waals surface area contributed by atoms with Crippen molar-refractivity contribution in [3.63, 3.8) is 0 Å². The minimum atomic E-state index is -1.71. The number of primary amides is 1. The van der Waals surface area contributed by atoms with Gasteiger partial charge in [-0.1, -0.05) is 107 Å². The van der Waals surface area contributed by atoms with Gasteiger partial charge in [0.15, 0.2) is 5.12 Å². The van der Waals surface area contributed by atoms with Crippen LogP contribution in [0.4, 0.5) is 0 Å². The maximum atomic E-state index is 14.5. The van der Waals surface area contributed by atoms with Gasteiger partial charge >= 0.3 is 5.97 Å². The molecule has 0 aliphatic rings. The number of nitrogens with two attached hydrogens (primary N) is 3. The number of benzene rings is 2. The first-order chi connectivity index (χ1) is 41.4. The number of aliphatic hydroxyl groups is 1. The molecule has 28 nitrogen and oxygen atoms in total. The number of aromatic nitrogens is 2. The Bertz CT molecular complexity index is 2740. The fraction of sp³-hybridized carbons (Fsp3) is 0.534. The van der Waals surface area contributed by atoms with Gasteiger partial charge in [-0.25, -0.2) is 4.98 Å². The Morgan fingerprint density at radius 3 is 1.80 bits per heavy atom. The summed E-state index contributed by atoms with van der Waals surface area (Å²) in [4.78, 5) is 168. The van der Waals surface area contributed by atoms with Crippen LogP contribution in [-0.4, -0.2) is 172 Å². The van der Waals surface area contributed by atoms with Crippen molar-refractivity contribution >= 4 is 81.9 Å². The predicted molar refractivity (Wildman–Crippen MR) is 322 cm³/mol. The predicted octanol–water partition coefficient (Wildman–Crippen LogP) is -2.14. The average Bonchev–Trinajstić information content (AvgIpc) is 3.74. The van der Waals surface area contributed by atoms with Crippen LogP contribution in [0, 0.1) is 11.8 Å². The molecule has 3 rings (SSSR count). The van der Waals surface area contributed by atoms with Crippen LogP contribution in [0.2, 0.25) is 0 Å². The summed E-state index contributed by atoms with van der Waals surface area (Å²) < 4.78 is 4.93. The highest BCUT2D eigenvalue weighted by Gasteiger charge is 2.37. The van der Waals surface area contributed by atoms with Crippen molar-refractivity contribution in [2.24, 2.45) is 29.0 Å². The van der Waals surface area contributed by atoms with Crippen LogP contribution < -0.4 is 65.1 Å². The van der Waals surface area contributed by atoms with E-state index in [0.717, 1.165) is 11.8 Å². The van der Waals surface area contributed by atoms with E-state index in [0.29, 0.717) is 36.1 Å². The second kappa shape index (κ2) is 38.7. The van der Waals surface area contributed by atoms with Crippen molar-refractivity contribution in [1.82, 2.24) is 57.8 Å². The van der Waals surface area contributed by atoms with E-state index in [4.69, 9.17) is 21.9 Å². The Labute approximate surface area is 510 Å². The number of imidazole rings is 1. The van der Waals surface area contributed by atoms with Crippen molar-refractivity contribution in [3.05, 3.63) is 90.0 Å². The molecule has 0 fully saturated rings. The Balaban J connectivity index is 1.82. The topological polar surface area (TPSA) is 449 Å². The highest BCUT2D eigenvalue weighted by molar-refractivity contribution is 8.13. The first-order valence-corrected chi connectivity index (χ1v) is 29.8. The maximum absolute atomic E-state index is 14.5. The molecule has 0 spiro atoms. The summed E-state index contributed by atoms with van der Waals surface area (Å²) in [5.41, 5.74) is 18.7. The van der Waals surface area contributed by atoms with E-state index >= 15 is 0 Å². The molecule has 0 bridgehead atoms. The van der Waals surface area contributed by atoms with Crippen molar-refractivity contribution in [3.8, 4) is 0 Å². The van der Waals surface area contributed by atoms with Crippen LogP contribution >= 0.6 is 11.8 Å². The maximum Gasteiger partial charge on any atom is 0.306 e. The fourth-order valence-electron chi connectivity index (χ4n) is 8.67. The molecule has 10 amide bonds. The number of nitrogens with zero attached hydrogens (tertiary/aromatic N) is 1. The lowest BCUT2D eigenvalue weighted by Gasteiger charge is -2.28. The first kappa shape index (κ1) is 73.0. The second-order valence-electron chi connectivity index (χ2n) is 21.1. The number of nitrogens with one attached hydrogen (secondary N) is 10. The standard InChI is InChI=1S/C58H86N14O14S/c1-7-34(5)49(57(84)63-29-44(60)74)72-45(75)30-64-51(78)39(21-15-16-23-59)67-53(80)41(26-36-17-11-9-12-18-36)69-52(79)40(25-33(3)4)68-54(81)42(27-38-28-62-32-65-38)70-55(82)43(31-73)71-50(77)35(6)66-56(83)48(61)47(37-19-13-10-14-20-37)58(85)87-24-22-46(76)86-8-2/h9-14,17-20,28,32-35,39-43,47-49,73H,7-8,15-16,21-27,29-31,59,61H2,1-6H3,(H2,60,74)(H,62,65)(H,63,84)(H,64,78)(H,66,83)(H,67,80)(H,68,81)(H,69,79)(H,70,82)(H,71,77)(H,72,75)/t34-,35-,39-,40-,41-,42-,43-,47?,48-,49-/m0/s1. The van der Waals surface area contributed by atoms with Crippen LogP contribution in [0.1, 0.15) is 103 Å². The Morgan fingerprint density at radius 2 is 1.23 bits per heavy atom. The van der Waals surface area contributed by atoms with Gasteiger partial charge in [0.1, 0.15) is 42.3 Å². The molecule has 478 valence electrons. The number of rotatable bonds is 39. The number of ether oxygens (including phenoxy) is 1. The SMILES string of the molecule is CCOC(=O)CCSC(=O)C(c1ccccc1)[C@H](N)C(=O)N[C@@H](C)C(=O)N[C@@H](CO)C(=O)N[C@@H](Cc1cnc[nH]1)C(=O)N[C@@H](CC(C)C)C(=O)N[C@@H](Cc1ccccc1)C(=O)N[C@@H](CCCCN)C(=O)NCC(=O)N[C@H](C(=O)NCC(N)=O)[C@@H](C)CC. The monoisotopic (exact) mass is 1230 g/mol. The minimum Gasteiger partial charge on any atom is -0.466 e. The number of carbonyl (C=O) groups excluding carboxylic acids is 12. The molecule has 1 unspecified atom stereocenters. The van der Waals surface area contributed by atoms with Gasteiger partial charge in [-0.15, -0.1) is 0 Å². The normalized spacial score (nSPS) is 14.5. The van der Waals surface area contributed by atoms with E-state index < -0.39 is 144 Å². The molecule has 2 aromatic carbocycles. The highest BCUT2D eigenvalue weighted by Crippen LogP contribution is 2.26. The number of H-pyrrole nitrogens is 1. The van der Waals surface area contributed by atoms with Crippen LogP contribution in [0.25, 0.3) is 0 Å². The number of esters is 1.